The van der Waals surface area contributed by atoms with Gasteiger partial charge in [-0.1, -0.05) is 37.3 Å². The Morgan fingerprint density at radius 3 is 2.43 bits per heavy atom. The van der Waals surface area contributed by atoms with Crippen LogP contribution in [0.15, 0.2) is 42.7 Å². The average Bonchev–Trinajstić information content (AvgIpc) is 2.47. The van der Waals surface area contributed by atoms with Gasteiger partial charge in [-0.25, -0.2) is 14.4 Å². The van der Waals surface area contributed by atoms with Crippen LogP contribution in [0.5, 0.6) is 0 Å². The highest BCUT2D eigenvalue weighted by Crippen LogP contribution is 2.27. The van der Waals surface area contributed by atoms with Crippen LogP contribution in [0, 0.1) is 11.2 Å². The Morgan fingerprint density at radius 1 is 1.24 bits per heavy atom. The van der Waals surface area contributed by atoms with Crippen molar-refractivity contribution in [2.75, 3.05) is 11.9 Å². The lowest BCUT2D eigenvalue weighted by Gasteiger charge is -2.33. The number of aliphatic hydroxyl groups is 1. The number of anilines is 1. The molecule has 0 aliphatic rings. The number of aromatic nitrogens is 2. The first-order chi connectivity index (χ1) is 9.99. The average molecular weight is 289 g/mol. The molecule has 21 heavy (non-hydrogen) atoms. The lowest BCUT2D eigenvalue weighted by atomic mass is 9.79. The number of hydrogen-bond acceptors (Lipinski definition) is 4. The summed E-state index contributed by atoms with van der Waals surface area (Å²) in [6, 6.07) is 10.0. The summed E-state index contributed by atoms with van der Waals surface area (Å²) in [4.78, 5) is 7.74. The molecule has 0 spiro atoms. The molecule has 0 saturated carbocycles. The third-order valence-corrected chi connectivity index (χ3v) is 3.73. The highest BCUT2D eigenvalue weighted by molar-refractivity contribution is 5.24. The van der Waals surface area contributed by atoms with Crippen molar-refractivity contribution >= 4 is 5.95 Å². The number of benzene rings is 1. The first-order valence-corrected chi connectivity index (χ1v) is 6.93. The SMILES string of the molecule is C[C@@H](O)[C@@](C)(CNc1ncc(F)cn1)Cc1ccccc1. The zero-order chi connectivity index (χ0) is 15.3. The second kappa shape index (κ2) is 6.63. The number of hydrogen-bond donors (Lipinski definition) is 2. The number of halogens is 1. The van der Waals surface area contributed by atoms with Gasteiger partial charge in [0.25, 0.3) is 0 Å². The maximum Gasteiger partial charge on any atom is 0.222 e. The second-order valence-corrected chi connectivity index (χ2v) is 5.57. The minimum absolute atomic E-state index is 0.358. The summed E-state index contributed by atoms with van der Waals surface area (Å²) in [6.45, 7) is 4.27. The highest BCUT2D eigenvalue weighted by atomic mass is 19.1. The van der Waals surface area contributed by atoms with Crippen LogP contribution in [0.3, 0.4) is 0 Å². The Hall–Kier alpha value is -2.01. The molecule has 2 N–H and O–H groups in total. The van der Waals surface area contributed by atoms with Crippen molar-refractivity contribution in [1.29, 1.82) is 0 Å². The lowest BCUT2D eigenvalue weighted by Crippen LogP contribution is -2.39. The predicted molar refractivity (Wildman–Crippen MR) is 80.4 cm³/mol. The van der Waals surface area contributed by atoms with Gasteiger partial charge in [0.15, 0.2) is 5.82 Å². The molecule has 2 rings (SSSR count). The number of aliphatic hydroxyl groups excluding tert-OH is 1. The summed E-state index contributed by atoms with van der Waals surface area (Å²) < 4.78 is 12.8. The van der Waals surface area contributed by atoms with Crippen molar-refractivity contribution in [2.45, 2.75) is 26.4 Å². The summed E-state index contributed by atoms with van der Waals surface area (Å²) in [5.41, 5.74) is 0.779. The summed E-state index contributed by atoms with van der Waals surface area (Å²) >= 11 is 0. The fourth-order valence-electron chi connectivity index (χ4n) is 2.10. The van der Waals surface area contributed by atoms with E-state index in [1.54, 1.807) is 6.92 Å². The van der Waals surface area contributed by atoms with Crippen molar-refractivity contribution in [3.63, 3.8) is 0 Å². The largest absolute Gasteiger partial charge is 0.393 e. The molecule has 5 heteroatoms. The van der Waals surface area contributed by atoms with E-state index >= 15 is 0 Å². The molecular formula is C16H20FN3O. The Balaban J connectivity index is 2.05. The molecule has 0 saturated heterocycles. The highest BCUT2D eigenvalue weighted by Gasteiger charge is 2.30. The van der Waals surface area contributed by atoms with Crippen LogP contribution in [-0.2, 0) is 6.42 Å². The molecule has 4 nitrogen and oxygen atoms in total. The van der Waals surface area contributed by atoms with Gasteiger partial charge < -0.3 is 10.4 Å². The van der Waals surface area contributed by atoms with Crippen molar-refractivity contribution in [3.8, 4) is 0 Å². The molecule has 0 aliphatic heterocycles. The predicted octanol–water partition coefficient (Wildman–Crippen LogP) is 2.66. The molecular weight excluding hydrogens is 269 g/mol. The molecule has 0 amide bonds. The van der Waals surface area contributed by atoms with E-state index in [-0.39, 0.29) is 5.41 Å². The molecule has 0 aliphatic carbocycles. The molecule has 1 heterocycles. The van der Waals surface area contributed by atoms with Crippen molar-refractivity contribution in [2.24, 2.45) is 5.41 Å². The Kier molecular flexibility index (Phi) is 4.85. The van der Waals surface area contributed by atoms with E-state index in [2.05, 4.69) is 15.3 Å². The van der Waals surface area contributed by atoms with E-state index in [0.29, 0.717) is 12.5 Å². The van der Waals surface area contributed by atoms with E-state index in [4.69, 9.17) is 0 Å². The van der Waals surface area contributed by atoms with Crippen LogP contribution in [0.4, 0.5) is 10.3 Å². The van der Waals surface area contributed by atoms with Crippen molar-refractivity contribution < 1.29 is 9.50 Å². The van der Waals surface area contributed by atoms with Gasteiger partial charge in [0.2, 0.25) is 5.95 Å². The van der Waals surface area contributed by atoms with Gasteiger partial charge in [0.05, 0.1) is 18.5 Å². The van der Waals surface area contributed by atoms with Crippen LogP contribution in [0.25, 0.3) is 0 Å². The van der Waals surface area contributed by atoms with Gasteiger partial charge in [-0.05, 0) is 18.9 Å². The third kappa shape index (κ3) is 4.23. The minimum atomic E-state index is -0.509. The lowest BCUT2D eigenvalue weighted by molar-refractivity contribution is 0.0619. The Bertz CT molecular complexity index is 559. The maximum absolute atomic E-state index is 12.8. The molecule has 1 aromatic carbocycles. The monoisotopic (exact) mass is 289 g/mol. The summed E-state index contributed by atoms with van der Waals surface area (Å²) in [6.07, 6.45) is 2.45. The molecule has 112 valence electrons. The van der Waals surface area contributed by atoms with Crippen LogP contribution in [0.1, 0.15) is 19.4 Å². The van der Waals surface area contributed by atoms with Gasteiger partial charge in [-0.2, -0.15) is 0 Å². The van der Waals surface area contributed by atoms with Gasteiger partial charge in [0.1, 0.15) is 0 Å². The van der Waals surface area contributed by atoms with Crippen LogP contribution >= 0.6 is 0 Å². The molecule has 1 aromatic heterocycles. The number of nitrogens with zero attached hydrogens (tertiary/aromatic N) is 2. The summed E-state index contributed by atoms with van der Waals surface area (Å²) in [7, 11) is 0. The zero-order valence-corrected chi connectivity index (χ0v) is 12.3. The van der Waals surface area contributed by atoms with Crippen LogP contribution < -0.4 is 5.32 Å². The smallest absolute Gasteiger partial charge is 0.222 e. The first kappa shape index (κ1) is 15.4. The maximum atomic E-state index is 12.8. The van der Waals surface area contributed by atoms with E-state index in [1.807, 2.05) is 37.3 Å². The standard InChI is InChI=1S/C16H20FN3O/c1-12(21)16(2,8-13-6-4-3-5-7-13)11-20-15-18-9-14(17)10-19-15/h3-7,9-10,12,21H,8,11H2,1-2H3,(H,18,19,20)/t12-,16-/m1/s1. The minimum Gasteiger partial charge on any atom is -0.393 e. The van der Waals surface area contributed by atoms with Gasteiger partial charge in [0, 0.05) is 12.0 Å². The zero-order valence-electron chi connectivity index (χ0n) is 12.3. The second-order valence-electron chi connectivity index (χ2n) is 5.57. The van der Waals surface area contributed by atoms with E-state index < -0.39 is 11.9 Å². The molecule has 2 aromatic rings. The Labute approximate surface area is 124 Å². The molecule has 0 radical (unpaired) electrons. The van der Waals surface area contributed by atoms with Crippen LogP contribution in [0.2, 0.25) is 0 Å². The van der Waals surface area contributed by atoms with Crippen LogP contribution in [-0.4, -0.2) is 27.7 Å². The fraction of sp³-hybridized carbons (Fsp3) is 0.375. The number of rotatable bonds is 6. The molecule has 0 bridgehead atoms. The van der Waals surface area contributed by atoms with Gasteiger partial charge in [-0.15, -0.1) is 0 Å². The fourth-order valence-corrected chi connectivity index (χ4v) is 2.10. The first-order valence-electron chi connectivity index (χ1n) is 6.93. The molecule has 0 unspecified atom stereocenters. The summed E-state index contributed by atoms with van der Waals surface area (Å²) in [5.74, 6) is -0.112. The molecule has 2 atom stereocenters. The van der Waals surface area contributed by atoms with Gasteiger partial charge >= 0.3 is 0 Å². The van der Waals surface area contributed by atoms with E-state index in [1.165, 1.54) is 0 Å². The quantitative estimate of drug-likeness (QED) is 0.858. The van der Waals surface area contributed by atoms with Crippen molar-refractivity contribution in [3.05, 3.63) is 54.1 Å². The van der Waals surface area contributed by atoms with E-state index in [9.17, 15) is 9.50 Å². The van der Waals surface area contributed by atoms with E-state index in [0.717, 1.165) is 24.4 Å². The Morgan fingerprint density at radius 2 is 1.86 bits per heavy atom. The third-order valence-electron chi connectivity index (χ3n) is 3.73. The number of nitrogens with one attached hydrogen (secondary N) is 1. The van der Waals surface area contributed by atoms with Gasteiger partial charge in [-0.3, -0.25) is 0 Å². The topological polar surface area (TPSA) is 58.0 Å². The summed E-state index contributed by atoms with van der Waals surface area (Å²) in [5, 5.41) is 13.2. The molecule has 0 fully saturated rings. The normalized spacial score (nSPS) is 15.2. The van der Waals surface area contributed by atoms with Crippen molar-refractivity contribution in [1.82, 2.24) is 9.97 Å².